The molecule has 1 aliphatic rings. The van der Waals surface area contributed by atoms with Crippen molar-refractivity contribution in [3.63, 3.8) is 0 Å². The molecule has 1 fully saturated rings. The number of hydrogen-bond donors (Lipinski definition) is 2. The summed E-state index contributed by atoms with van der Waals surface area (Å²) in [5.74, 6) is -1.55. The van der Waals surface area contributed by atoms with Gasteiger partial charge in [-0.2, -0.15) is 0 Å². The molecule has 3 amide bonds. The molecule has 26 heavy (non-hydrogen) atoms. The topological polar surface area (TPSA) is 84.5 Å². The zero-order valence-corrected chi connectivity index (χ0v) is 14.9. The summed E-state index contributed by atoms with van der Waals surface area (Å²) in [6.45, 7) is 1.42. The van der Waals surface area contributed by atoms with Gasteiger partial charge in [-0.15, -0.1) is 0 Å². The summed E-state index contributed by atoms with van der Waals surface area (Å²) in [7, 11) is 0. The van der Waals surface area contributed by atoms with Crippen LogP contribution in [0.2, 0.25) is 0 Å². The Hall–Kier alpha value is -2.44. The van der Waals surface area contributed by atoms with Crippen molar-refractivity contribution in [3.8, 4) is 0 Å². The lowest BCUT2D eigenvalue weighted by Gasteiger charge is -2.23. The van der Waals surface area contributed by atoms with E-state index in [1.807, 2.05) is 0 Å². The number of urea groups is 1. The molecule has 1 aliphatic carbocycles. The van der Waals surface area contributed by atoms with Crippen molar-refractivity contribution >= 4 is 17.9 Å². The van der Waals surface area contributed by atoms with Crippen LogP contribution >= 0.6 is 0 Å². The van der Waals surface area contributed by atoms with Gasteiger partial charge in [0.25, 0.3) is 5.91 Å². The third-order valence-corrected chi connectivity index (χ3v) is 4.39. The molecule has 0 aromatic heterocycles. The number of imide groups is 1. The normalized spacial score (nSPS) is 15.8. The van der Waals surface area contributed by atoms with Crippen LogP contribution in [0.1, 0.15) is 51.0 Å². The quantitative estimate of drug-likeness (QED) is 0.760. The fourth-order valence-electron chi connectivity index (χ4n) is 2.89. The minimum Gasteiger partial charge on any atom is -0.453 e. The highest BCUT2D eigenvalue weighted by atomic mass is 19.1. The molecule has 1 aromatic carbocycles. The van der Waals surface area contributed by atoms with Gasteiger partial charge in [0.15, 0.2) is 6.10 Å². The fraction of sp³-hybridized carbons (Fsp3) is 0.526. The van der Waals surface area contributed by atoms with Crippen LogP contribution in [0, 0.1) is 5.82 Å². The summed E-state index contributed by atoms with van der Waals surface area (Å²) in [6.07, 6.45) is 4.52. The van der Waals surface area contributed by atoms with Gasteiger partial charge in [-0.3, -0.25) is 14.9 Å². The summed E-state index contributed by atoms with van der Waals surface area (Å²) in [6, 6.07) is 5.35. The van der Waals surface area contributed by atoms with Crippen LogP contribution in [0.25, 0.3) is 0 Å². The van der Waals surface area contributed by atoms with E-state index < -0.39 is 24.0 Å². The summed E-state index contributed by atoms with van der Waals surface area (Å²) in [5.41, 5.74) is 0.798. The maximum atomic E-state index is 12.8. The number of esters is 1. The number of carbonyl (C=O) groups is 3. The Labute approximate surface area is 152 Å². The minimum absolute atomic E-state index is 0.0670. The Bertz CT molecular complexity index is 627. The highest BCUT2D eigenvalue weighted by molar-refractivity contribution is 5.97. The monoisotopic (exact) mass is 364 g/mol. The Kier molecular flexibility index (Phi) is 7.56. The lowest BCUT2D eigenvalue weighted by Crippen LogP contribution is -2.48. The van der Waals surface area contributed by atoms with Crippen LogP contribution in [-0.4, -0.2) is 30.1 Å². The average Bonchev–Trinajstić information content (AvgIpc) is 2.62. The summed E-state index contributed by atoms with van der Waals surface area (Å²) in [5, 5.41) is 4.97. The first kappa shape index (κ1) is 19.9. The summed E-state index contributed by atoms with van der Waals surface area (Å²) >= 11 is 0. The average molecular weight is 364 g/mol. The van der Waals surface area contributed by atoms with E-state index in [9.17, 15) is 18.8 Å². The first-order valence-corrected chi connectivity index (χ1v) is 8.99. The van der Waals surface area contributed by atoms with E-state index in [2.05, 4.69) is 10.6 Å². The van der Waals surface area contributed by atoms with E-state index in [4.69, 9.17) is 4.74 Å². The highest BCUT2D eigenvalue weighted by Gasteiger charge is 2.22. The third-order valence-electron chi connectivity index (χ3n) is 4.39. The van der Waals surface area contributed by atoms with Crippen LogP contribution in [0.4, 0.5) is 9.18 Å². The second kappa shape index (κ2) is 9.89. The number of amides is 3. The highest BCUT2D eigenvalue weighted by Crippen LogP contribution is 2.17. The molecule has 0 heterocycles. The van der Waals surface area contributed by atoms with Crippen LogP contribution in [0.15, 0.2) is 24.3 Å². The van der Waals surface area contributed by atoms with Crippen LogP contribution in [0.5, 0.6) is 0 Å². The van der Waals surface area contributed by atoms with Gasteiger partial charge in [0, 0.05) is 12.5 Å². The van der Waals surface area contributed by atoms with Crippen molar-refractivity contribution in [2.75, 3.05) is 0 Å². The van der Waals surface area contributed by atoms with Gasteiger partial charge in [0.1, 0.15) is 5.82 Å². The van der Waals surface area contributed by atoms with Gasteiger partial charge >= 0.3 is 12.0 Å². The second-order valence-electron chi connectivity index (χ2n) is 6.56. The van der Waals surface area contributed by atoms with Gasteiger partial charge in [0.2, 0.25) is 0 Å². The first-order valence-electron chi connectivity index (χ1n) is 8.99. The van der Waals surface area contributed by atoms with Crippen molar-refractivity contribution in [1.82, 2.24) is 10.6 Å². The molecular formula is C19H25FN2O4. The van der Waals surface area contributed by atoms with E-state index in [1.165, 1.54) is 25.5 Å². The largest absolute Gasteiger partial charge is 0.453 e. The van der Waals surface area contributed by atoms with E-state index in [0.717, 1.165) is 31.2 Å². The van der Waals surface area contributed by atoms with Crippen molar-refractivity contribution < 1.29 is 23.5 Å². The molecule has 1 atom stereocenters. The number of benzene rings is 1. The number of aryl methyl sites for hydroxylation is 1. The number of ether oxygens (including phenoxy) is 1. The van der Waals surface area contributed by atoms with Gasteiger partial charge < -0.3 is 10.1 Å². The molecule has 6 nitrogen and oxygen atoms in total. The maximum Gasteiger partial charge on any atom is 0.321 e. The van der Waals surface area contributed by atoms with E-state index in [-0.39, 0.29) is 18.3 Å². The Morgan fingerprint density at radius 2 is 1.81 bits per heavy atom. The number of rotatable bonds is 6. The minimum atomic E-state index is -1.06. The third kappa shape index (κ3) is 6.82. The molecule has 0 bridgehead atoms. The van der Waals surface area contributed by atoms with Crippen molar-refractivity contribution in [1.29, 1.82) is 0 Å². The van der Waals surface area contributed by atoms with Crippen molar-refractivity contribution in [2.24, 2.45) is 0 Å². The number of hydrogen-bond acceptors (Lipinski definition) is 4. The predicted octanol–water partition coefficient (Wildman–Crippen LogP) is 2.85. The lowest BCUT2D eigenvalue weighted by atomic mass is 9.96. The van der Waals surface area contributed by atoms with Gasteiger partial charge in [-0.1, -0.05) is 31.4 Å². The van der Waals surface area contributed by atoms with E-state index >= 15 is 0 Å². The van der Waals surface area contributed by atoms with Gasteiger partial charge in [-0.05, 0) is 43.9 Å². The smallest absolute Gasteiger partial charge is 0.321 e. The fourth-order valence-corrected chi connectivity index (χ4v) is 2.89. The number of halogens is 1. The molecule has 2 rings (SSSR count). The first-order chi connectivity index (χ1) is 12.4. The SMILES string of the molecule is C[C@@H](OC(=O)CCc1ccc(F)cc1)C(=O)NC(=O)NC1CCCCC1. The molecule has 1 saturated carbocycles. The Balaban J connectivity index is 1.68. The Morgan fingerprint density at radius 1 is 1.15 bits per heavy atom. The molecule has 142 valence electrons. The standard InChI is InChI=1S/C19H25FN2O4/c1-13(18(24)22-19(25)21-16-5-3-2-4-6-16)26-17(23)12-9-14-7-10-15(20)11-8-14/h7-8,10-11,13,16H,2-6,9,12H2,1H3,(H2,21,22,24,25)/t13-/m1/s1. The molecule has 1 aromatic rings. The summed E-state index contributed by atoms with van der Waals surface area (Å²) < 4.78 is 17.9. The maximum absolute atomic E-state index is 12.8. The molecule has 2 N–H and O–H groups in total. The molecule has 0 unspecified atom stereocenters. The van der Waals surface area contributed by atoms with Crippen molar-refractivity contribution in [2.45, 2.75) is 64.0 Å². The summed E-state index contributed by atoms with van der Waals surface area (Å²) in [4.78, 5) is 35.6. The molecular weight excluding hydrogens is 339 g/mol. The molecule has 0 aliphatic heterocycles. The molecule has 0 radical (unpaired) electrons. The molecule has 7 heteroatoms. The van der Waals surface area contributed by atoms with Crippen LogP contribution in [0.3, 0.4) is 0 Å². The van der Waals surface area contributed by atoms with Crippen LogP contribution in [-0.2, 0) is 20.7 Å². The van der Waals surface area contributed by atoms with Gasteiger partial charge in [0.05, 0.1) is 0 Å². The lowest BCUT2D eigenvalue weighted by molar-refractivity contribution is -0.154. The molecule has 0 saturated heterocycles. The van der Waals surface area contributed by atoms with E-state index in [0.29, 0.717) is 6.42 Å². The second-order valence-corrected chi connectivity index (χ2v) is 6.56. The van der Waals surface area contributed by atoms with Crippen molar-refractivity contribution in [3.05, 3.63) is 35.6 Å². The van der Waals surface area contributed by atoms with Gasteiger partial charge in [-0.25, -0.2) is 9.18 Å². The zero-order valence-electron chi connectivity index (χ0n) is 14.9. The Morgan fingerprint density at radius 3 is 2.46 bits per heavy atom. The van der Waals surface area contributed by atoms with Crippen LogP contribution < -0.4 is 10.6 Å². The van der Waals surface area contributed by atoms with E-state index in [1.54, 1.807) is 12.1 Å². The number of nitrogens with one attached hydrogen (secondary N) is 2. The zero-order chi connectivity index (χ0) is 18.9. The number of carbonyl (C=O) groups excluding carboxylic acids is 3. The predicted molar refractivity (Wildman–Crippen MR) is 93.8 cm³/mol. The molecule has 0 spiro atoms.